The van der Waals surface area contributed by atoms with E-state index in [9.17, 15) is 0 Å². The highest BCUT2D eigenvalue weighted by Crippen LogP contribution is 2.30. The fourth-order valence-electron chi connectivity index (χ4n) is 2.81. The molecule has 3 rings (SSSR count). The van der Waals surface area contributed by atoms with Gasteiger partial charge in [-0.3, -0.25) is 0 Å². The summed E-state index contributed by atoms with van der Waals surface area (Å²) in [5.41, 5.74) is 6.11. The van der Waals surface area contributed by atoms with Crippen molar-refractivity contribution in [1.82, 2.24) is 4.98 Å². The minimum atomic E-state index is 0.225. The number of aromatic nitrogens is 1. The number of methoxy groups -OCH3 is 1. The molecule has 1 aromatic heterocycles. The molecule has 4 nitrogen and oxygen atoms in total. The number of rotatable bonds is 3. The van der Waals surface area contributed by atoms with Crippen LogP contribution in [0.25, 0.3) is 10.8 Å². The first-order valence-electron chi connectivity index (χ1n) is 6.73. The molecule has 1 saturated carbocycles. The van der Waals surface area contributed by atoms with Gasteiger partial charge in [0.05, 0.1) is 7.11 Å². The molecule has 0 amide bonds. The van der Waals surface area contributed by atoms with E-state index in [1.54, 1.807) is 7.11 Å². The van der Waals surface area contributed by atoms with Crippen molar-refractivity contribution in [3.8, 4) is 5.75 Å². The first-order chi connectivity index (χ1) is 9.29. The molecule has 0 bridgehead atoms. The number of nitrogens with zero attached hydrogens (tertiary/aromatic N) is 1. The molecule has 1 aliphatic rings. The van der Waals surface area contributed by atoms with Crippen LogP contribution < -0.4 is 15.8 Å². The largest absolute Gasteiger partial charge is 0.496 e. The van der Waals surface area contributed by atoms with Crippen molar-refractivity contribution in [2.75, 3.05) is 12.4 Å². The van der Waals surface area contributed by atoms with Crippen molar-refractivity contribution in [3.63, 3.8) is 0 Å². The average Bonchev–Trinajstić information content (AvgIpc) is 2.84. The van der Waals surface area contributed by atoms with Crippen molar-refractivity contribution >= 4 is 16.6 Å². The van der Waals surface area contributed by atoms with Crippen molar-refractivity contribution in [1.29, 1.82) is 0 Å². The molecule has 0 saturated heterocycles. The number of anilines is 1. The molecule has 100 valence electrons. The van der Waals surface area contributed by atoms with Gasteiger partial charge in [-0.1, -0.05) is 12.1 Å². The van der Waals surface area contributed by atoms with Gasteiger partial charge in [0.1, 0.15) is 11.6 Å². The topological polar surface area (TPSA) is 60.2 Å². The molecule has 1 heterocycles. The van der Waals surface area contributed by atoms with Crippen molar-refractivity contribution in [3.05, 3.63) is 30.5 Å². The molecule has 1 fully saturated rings. The number of hydrogen-bond acceptors (Lipinski definition) is 4. The number of ether oxygens (including phenoxy) is 1. The maximum atomic E-state index is 6.11. The number of pyridine rings is 1. The lowest BCUT2D eigenvalue weighted by atomic mass is 10.1. The molecule has 19 heavy (non-hydrogen) atoms. The zero-order chi connectivity index (χ0) is 13.2. The molecule has 2 unspecified atom stereocenters. The van der Waals surface area contributed by atoms with Crippen LogP contribution in [-0.4, -0.2) is 24.2 Å². The highest BCUT2D eigenvalue weighted by Gasteiger charge is 2.24. The molecular formula is C15H19N3O. The van der Waals surface area contributed by atoms with Gasteiger partial charge in [-0.05, 0) is 31.4 Å². The summed E-state index contributed by atoms with van der Waals surface area (Å²) in [7, 11) is 1.69. The summed E-state index contributed by atoms with van der Waals surface area (Å²) >= 11 is 0. The molecule has 1 aliphatic carbocycles. The van der Waals surface area contributed by atoms with E-state index in [0.717, 1.165) is 35.2 Å². The van der Waals surface area contributed by atoms with Gasteiger partial charge in [0, 0.05) is 29.1 Å². The third-order valence-corrected chi connectivity index (χ3v) is 3.88. The minimum absolute atomic E-state index is 0.225. The Kier molecular flexibility index (Phi) is 3.25. The third kappa shape index (κ3) is 2.24. The zero-order valence-electron chi connectivity index (χ0n) is 11.1. The molecule has 3 N–H and O–H groups in total. The summed E-state index contributed by atoms with van der Waals surface area (Å²) in [5, 5.41) is 5.66. The van der Waals surface area contributed by atoms with Crippen molar-refractivity contribution < 1.29 is 4.74 Å². The van der Waals surface area contributed by atoms with Crippen LogP contribution in [0.4, 0.5) is 5.82 Å². The molecular weight excluding hydrogens is 238 g/mol. The summed E-state index contributed by atoms with van der Waals surface area (Å²) in [6.07, 6.45) is 5.20. The van der Waals surface area contributed by atoms with Gasteiger partial charge in [0.15, 0.2) is 0 Å². The second-order valence-corrected chi connectivity index (χ2v) is 5.06. The van der Waals surface area contributed by atoms with E-state index in [1.807, 2.05) is 24.4 Å². The Morgan fingerprint density at radius 3 is 2.89 bits per heavy atom. The Hall–Kier alpha value is -1.81. The first kappa shape index (κ1) is 12.2. The Labute approximate surface area is 113 Å². The molecule has 2 aromatic rings. The standard InChI is InChI=1S/C15H19N3O/c1-19-14-7-2-4-11-10(14)8-9-17-15(11)18-13-6-3-5-12(13)16/h2,4,7-9,12-13H,3,5-6,16H2,1H3,(H,17,18). The lowest BCUT2D eigenvalue weighted by molar-refractivity contribution is 0.420. The van der Waals surface area contributed by atoms with Crippen LogP contribution in [-0.2, 0) is 0 Å². The zero-order valence-corrected chi connectivity index (χ0v) is 11.1. The highest BCUT2D eigenvalue weighted by molar-refractivity contribution is 5.95. The molecule has 2 atom stereocenters. The van der Waals surface area contributed by atoms with Gasteiger partial charge >= 0.3 is 0 Å². The SMILES string of the molecule is COc1cccc2c(NC3CCCC3N)nccc12. The Bertz CT molecular complexity index is 585. The van der Waals surface area contributed by atoms with Crippen LogP contribution in [0.1, 0.15) is 19.3 Å². The maximum Gasteiger partial charge on any atom is 0.134 e. The van der Waals surface area contributed by atoms with E-state index >= 15 is 0 Å². The summed E-state index contributed by atoms with van der Waals surface area (Å²) in [6, 6.07) is 8.55. The predicted octanol–water partition coefficient (Wildman–Crippen LogP) is 2.54. The normalized spacial score (nSPS) is 22.6. The van der Waals surface area contributed by atoms with Gasteiger partial charge in [0.2, 0.25) is 0 Å². The van der Waals surface area contributed by atoms with Crippen LogP contribution in [0, 0.1) is 0 Å². The van der Waals surface area contributed by atoms with Crippen molar-refractivity contribution in [2.24, 2.45) is 5.73 Å². The molecule has 1 aromatic carbocycles. The lowest BCUT2D eigenvalue weighted by Gasteiger charge is -2.19. The Balaban J connectivity index is 1.99. The van der Waals surface area contributed by atoms with Crippen LogP contribution >= 0.6 is 0 Å². The monoisotopic (exact) mass is 257 g/mol. The average molecular weight is 257 g/mol. The van der Waals surface area contributed by atoms with Crippen LogP contribution in [0.5, 0.6) is 5.75 Å². The fourth-order valence-corrected chi connectivity index (χ4v) is 2.81. The molecule has 0 spiro atoms. The summed E-state index contributed by atoms with van der Waals surface area (Å²) in [5.74, 6) is 1.78. The van der Waals surface area contributed by atoms with Gasteiger partial charge in [-0.15, -0.1) is 0 Å². The van der Waals surface area contributed by atoms with Gasteiger partial charge in [-0.25, -0.2) is 4.98 Å². The van der Waals surface area contributed by atoms with E-state index < -0.39 is 0 Å². The summed E-state index contributed by atoms with van der Waals surface area (Å²) in [4.78, 5) is 4.46. The van der Waals surface area contributed by atoms with Gasteiger partial charge < -0.3 is 15.8 Å². The maximum absolute atomic E-state index is 6.11. The molecule has 0 aliphatic heterocycles. The quantitative estimate of drug-likeness (QED) is 0.887. The highest BCUT2D eigenvalue weighted by atomic mass is 16.5. The Morgan fingerprint density at radius 1 is 1.26 bits per heavy atom. The van der Waals surface area contributed by atoms with E-state index in [-0.39, 0.29) is 6.04 Å². The lowest BCUT2D eigenvalue weighted by Crippen LogP contribution is -2.35. The minimum Gasteiger partial charge on any atom is -0.496 e. The fraction of sp³-hybridized carbons (Fsp3) is 0.400. The first-order valence-corrected chi connectivity index (χ1v) is 6.73. The van der Waals surface area contributed by atoms with Crippen LogP contribution in [0.15, 0.2) is 30.5 Å². The Morgan fingerprint density at radius 2 is 2.16 bits per heavy atom. The number of nitrogens with two attached hydrogens (primary N) is 1. The number of hydrogen-bond donors (Lipinski definition) is 2. The third-order valence-electron chi connectivity index (χ3n) is 3.88. The second kappa shape index (κ2) is 5.05. The van der Waals surface area contributed by atoms with E-state index in [2.05, 4.69) is 16.4 Å². The molecule has 0 radical (unpaired) electrons. The second-order valence-electron chi connectivity index (χ2n) is 5.06. The summed E-state index contributed by atoms with van der Waals surface area (Å²) < 4.78 is 5.39. The number of fused-ring (bicyclic) bond motifs is 1. The predicted molar refractivity (Wildman–Crippen MR) is 77.5 cm³/mol. The smallest absolute Gasteiger partial charge is 0.134 e. The number of nitrogens with one attached hydrogen (secondary N) is 1. The van der Waals surface area contributed by atoms with E-state index in [4.69, 9.17) is 10.5 Å². The van der Waals surface area contributed by atoms with Gasteiger partial charge in [0.25, 0.3) is 0 Å². The van der Waals surface area contributed by atoms with E-state index in [1.165, 1.54) is 6.42 Å². The number of benzene rings is 1. The summed E-state index contributed by atoms with van der Waals surface area (Å²) in [6.45, 7) is 0. The van der Waals surface area contributed by atoms with Crippen molar-refractivity contribution in [2.45, 2.75) is 31.3 Å². The van der Waals surface area contributed by atoms with Crippen LogP contribution in [0.3, 0.4) is 0 Å². The van der Waals surface area contributed by atoms with E-state index in [0.29, 0.717) is 6.04 Å². The van der Waals surface area contributed by atoms with Crippen LogP contribution in [0.2, 0.25) is 0 Å². The molecule has 4 heteroatoms. The van der Waals surface area contributed by atoms with Gasteiger partial charge in [-0.2, -0.15) is 0 Å².